The molecule has 2 unspecified atom stereocenters. The monoisotopic (exact) mass is 325 g/mol. The predicted molar refractivity (Wildman–Crippen MR) is 87.5 cm³/mol. The summed E-state index contributed by atoms with van der Waals surface area (Å²) in [5.74, 6) is 1.22. The summed E-state index contributed by atoms with van der Waals surface area (Å²) in [5.41, 5.74) is -0.328. The fourth-order valence-corrected chi connectivity index (χ4v) is 3.85. The fourth-order valence-electron chi connectivity index (χ4n) is 2.41. The number of rotatable bonds is 6. The van der Waals surface area contributed by atoms with Crippen LogP contribution in [0.1, 0.15) is 20.8 Å². The van der Waals surface area contributed by atoms with Gasteiger partial charge in [0.25, 0.3) is 0 Å². The molecule has 0 amide bonds. The number of esters is 1. The van der Waals surface area contributed by atoms with E-state index in [1.807, 2.05) is 45.0 Å². The highest BCUT2D eigenvalue weighted by Gasteiger charge is 2.46. The first-order valence-electron chi connectivity index (χ1n) is 7.33. The van der Waals surface area contributed by atoms with E-state index in [1.54, 1.807) is 18.9 Å². The van der Waals surface area contributed by atoms with E-state index < -0.39 is 0 Å². The van der Waals surface area contributed by atoms with E-state index in [9.17, 15) is 4.79 Å². The Labute approximate surface area is 135 Å². The molecule has 1 N–H and O–H groups in total. The second-order valence-corrected chi connectivity index (χ2v) is 6.90. The maximum Gasteiger partial charge on any atom is 0.320 e. The lowest BCUT2D eigenvalue weighted by atomic mass is 10.0. The molecule has 0 spiro atoms. The van der Waals surface area contributed by atoms with Gasteiger partial charge in [0.2, 0.25) is 0 Å². The Hall–Kier alpha value is -1.40. The highest BCUT2D eigenvalue weighted by molar-refractivity contribution is 8.01. The molecule has 6 heteroatoms. The topological polar surface area (TPSA) is 56.8 Å². The molecule has 1 fully saturated rings. The Morgan fingerprint density at radius 2 is 2.00 bits per heavy atom. The largest absolute Gasteiger partial charge is 0.493 e. The van der Waals surface area contributed by atoms with E-state index in [2.05, 4.69) is 5.32 Å². The van der Waals surface area contributed by atoms with Gasteiger partial charge < -0.3 is 14.2 Å². The number of carbonyl (C=O) groups is 1. The van der Waals surface area contributed by atoms with Crippen LogP contribution in [0.3, 0.4) is 0 Å². The molecule has 1 aliphatic heterocycles. The zero-order valence-corrected chi connectivity index (χ0v) is 14.2. The molecule has 22 heavy (non-hydrogen) atoms. The first-order chi connectivity index (χ1) is 10.5. The Kier molecular flexibility index (Phi) is 5.58. The van der Waals surface area contributed by atoms with Gasteiger partial charge in [-0.25, -0.2) is 0 Å². The molecule has 2 atom stereocenters. The molecule has 1 aliphatic rings. The first-order valence-corrected chi connectivity index (χ1v) is 8.28. The number of para-hydroxylation sites is 2. The molecule has 0 saturated carbocycles. The van der Waals surface area contributed by atoms with Crippen molar-refractivity contribution < 1.29 is 19.0 Å². The Bertz CT molecular complexity index is 521. The van der Waals surface area contributed by atoms with Gasteiger partial charge in [-0.05, 0) is 32.9 Å². The number of hydrogen-bond acceptors (Lipinski definition) is 6. The molecule has 0 aliphatic carbocycles. The molecule has 0 aromatic heterocycles. The van der Waals surface area contributed by atoms with Gasteiger partial charge >= 0.3 is 5.97 Å². The lowest BCUT2D eigenvalue weighted by molar-refractivity contribution is -0.143. The van der Waals surface area contributed by atoms with Gasteiger partial charge in [0, 0.05) is 5.54 Å². The van der Waals surface area contributed by atoms with Crippen molar-refractivity contribution in [3.8, 4) is 11.5 Å². The van der Waals surface area contributed by atoms with E-state index in [-0.39, 0.29) is 22.1 Å². The van der Waals surface area contributed by atoms with Gasteiger partial charge in [0.1, 0.15) is 11.9 Å². The molecule has 1 saturated heterocycles. The van der Waals surface area contributed by atoms with Crippen LogP contribution < -0.4 is 14.8 Å². The normalized spacial score (nSPS) is 23.1. The van der Waals surface area contributed by atoms with Crippen molar-refractivity contribution in [1.82, 2.24) is 5.32 Å². The van der Waals surface area contributed by atoms with E-state index >= 15 is 0 Å². The van der Waals surface area contributed by atoms with Crippen LogP contribution in [-0.4, -0.2) is 42.5 Å². The van der Waals surface area contributed by atoms with Gasteiger partial charge in [-0.1, -0.05) is 12.1 Å². The summed E-state index contributed by atoms with van der Waals surface area (Å²) in [6.45, 7) is 6.67. The van der Waals surface area contributed by atoms with Crippen LogP contribution in [0.5, 0.6) is 11.5 Å². The van der Waals surface area contributed by atoms with Crippen molar-refractivity contribution in [3.05, 3.63) is 24.3 Å². The third-order valence-corrected chi connectivity index (χ3v) is 5.09. The average molecular weight is 325 g/mol. The average Bonchev–Trinajstić information content (AvgIpc) is 2.80. The number of nitrogens with one attached hydrogen (secondary N) is 1. The van der Waals surface area contributed by atoms with Crippen molar-refractivity contribution in [3.63, 3.8) is 0 Å². The van der Waals surface area contributed by atoms with Crippen LogP contribution in [0, 0.1) is 0 Å². The van der Waals surface area contributed by atoms with Gasteiger partial charge in [0.05, 0.1) is 19.1 Å². The summed E-state index contributed by atoms with van der Waals surface area (Å²) >= 11 is 1.55. The molecule has 1 aromatic carbocycles. The minimum absolute atomic E-state index is 0.0225. The molecular formula is C16H23NO4S. The van der Waals surface area contributed by atoms with E-state index in [4.69, 9.17) is 14.2 Å². The van der Waals surface area contributed by atoms with Crippen LogP contribution in [0.15, 0.2) is 24.3 Å². The Morgan fingerprint density at radius 3 is 2.64 bits per heavy atom. The second-order valence-electron chi connectivity index (χ2n) is 5.58. The number of carbonyl (C=O) groups excluding carboxylic acids is 1. The quantitative estimate of drug-likeness (QED) is 0.811. The van der Waals surface area contributed by atoms with E-state index in [0.29, 0.717) is 24.7 Å². The molecule has 5 nitrogen and oxygen atoms in total. The lowest BCUT2D eigenvalue weighted by Crippen LogP contribution is -2.47. The lowest BCUT2D eigenvalue weighted by Gasteiger charge is -2.24. The second kappa shape index (κ2) is 7.24. The van der Waals surface area contributed by atoms with Crippen molar-refractivity contribution in [2.45, 2.75) is 36.9 Å². The van der Waals surface area contributed by atoms with Crippen LogP contribution in [0.25, 0.3) is 0 Å². The first kappa shape index (κ1) is 17.0. The van der Waals surface area contributed by atoms with Crippen LogP contribution in [0.4, 0.5) is 0 Å². The van der Waals surface area contributed by atoms with E-state index in [0.717, 1.165) is 0 Å². The molecule has 1 aromatic rings. The molecule has 1 heterocycles. The summed E-state index contributed by atoms with van der Waals surface area (Å²) in [7, 11) is 1.62. The Balaban J connectivity index is 1.96. The minimum atomic E-state index is -0.328. The smallest absolute Gasteiger partial charge is 0.320 e. The summed E-state index contributed by atoms with van der Waals surface area (Å²) < 4.78 is 16.2. The van der Waals surface area contributed by atoms with E-state index in [1.165, 1.54) is 0 Å². The minimum Gasteiger partial charge on any atom is -0.493 e. The number of methoxy groups -OCH3 is 1. The van der Waals surface area contributed by atoms with Gasteiger partial charge in [-0.2, -0.15) is 0 Å². The highest BCUT2D eigenvalue weighted by atomic mass is 32.2. The molecule has 2 rings (SSSR count). The molecule has 122 valence electrons. The summed E-state index contributed by atoms with van der Waals surface area (Å²) in [5, 5.41) is 3.21. The number of benzene rings is 1. The summed E-state index contributed by atoms with van der Waals surface area (Å²) in [4.78, 5) is 12.0. The predicted octanol–water partition coefficient (Wildman–Crippen LogP) is 2.45. The Morgan fingerprint density at radius 1 is 1.32 bits per heavy atom. The van der Waals surface area contributed by atoms with Crippen LogP contribution >= 0.6 is 11.8 Å². The standard InChI is InChI=1S/C16H23NO4S/c1-5-20-15(18)14-16(2,3)17-13(22-14)10-21-12-9-7-6-8-11(12)19-4/h6-9,13-14,17H,5,10H2,1-4H3. The summed E-state index contributed by atoms with van der Waals surface area (Å²) in [6, 6.07) is 7.52. The van der Waals surface area contributed by atoms with Crippen molar-refractivity contribution in [2.24, 2.45) is 0 Å². The zero-order chi connectivity index (χ0) is 16.2. The van der Waals surface area contributed by atoms with Crippen LogP contribution in [-0.2, 0) is 9.53 Å². The fraction of sp³-hybridized carbons (Fsp3) is 0.562. The SMILES string of the molecule is CCOC(=O)C1SC(COc2ccccc2OC)NC1(C)C. The number of thioether (sulfide) groups is 1. The number of hydrogen-bond donors (Lipinski definition) is 1. The van der Waals surface area contributed by atoms with Gasteiger partial charge in [-0.15, -0.1) is 11.8 Å². The highest BCUT2D eigenvalue weighted by Crippen LogP contribution is 2.36. The van der Waals surface area contributed by atoms with Gasteiger partial charge in [0.15, 0.2) is 11.5 Å². The van der Waals surface area contributed by atoms with Crippen LogP contribution in [0.2, 0.25) is 0 Å². The third-order valence-electron chi connectivity index (χ3n) is 3.45. The molecule has 0 bridgehead atoms. The maximum absolute atomic E-state index is 12.0. The van der Waals surface area contributed by atoms with Crippen molar-refractivity contribution >= 4 is 17.7 Å². The number of ether oxygens (including phenoxy) is 3. The third kappa shape index (κ3) is 3.87. The zero-order valence-electron chi connectivity index (χ0n) is 13.4. The van der Waals surface area contributed by atoms with Gasteiger partial charge in [-0.3, -0.25) is 10.1 Å². The maximum atomic E-state index is 12.0. The molecule has 0 radical (unpaired) electrons. The van der Waals surface area contributed by atoms with Crippen molar-refractivity contribution in [2.75, 3.05) is 20.3 Å². The summed E-state index contributed by atoms with van der Waals surface area (Å²) in [6.07, 6.45) is 0. The van der Waals surface area contributed by atoms with Crippen molar-refractivity contribution in [1.29, 1.82) is 0 Å². The molecular weight excluding hydrogens is 302 g/mol.